The fourth-order valence-corrected chi connectivity index (χ4v) is 3.13. The first kappa shape index (κ1) is 15.3. The number of amides is 1. The maximum atomic E-state index is 12.2. The molecule has 2 rings (SSSR count). The Morgan fingerprint density at radius 2 is 2.00 bits per heavy atom. The predicted molar refractivity (Wildman–Crippen MR) is 92.2 cm³/mol. The Balaban J connectivity index is 2.28. The van der Waals surface area contributed by atoms with Crippen LogP contribution < -0.4 is 5.32 Å². The van der Waals surface area contributed by atoms with Crippen LogP contribution in [0, 0.1) is 3.57 Å². The molecule has 1 N–H and O–H groups in total. The van der Waals surface area contributed by atoms with Gasteiger partial charge in [-0.25, -0.2) is 9.97 Å². The molecule has 0 aliphatic carbocycles. The summed E-state index contributed by atoms with van der Waals surface area (Å²) in [6.45, 7) is 0. The predicted octanol–water partition coefficient (Wildman–Crippen LogP) is 4.62. The Bertz CT molecular complexity index is 651. The van der Waals surface area contributed by atoms with Crippen LogP contribution >= 0.6 is 70.4 Å². The van der Waals surface area contributed by atoms with Gasteiger partial charge in [0.05, 0.1) is 11.8 Å². The molecule has 0 atom stereocenters. The number of hydrogen-bond donors (Lipinski definition) is 1. The van der Waals surface area contributed by atoms with Crippen molar-refractivity contribution in [1.82, 2.24) is 9.97 Å². The van der Waals surface area contributed by atoms with Gasteiger partial charge >= 0.3 is 0 Å². The van der Waals surface area contributed by atoms with Gasteiger partial charge < -0.3 is 5.32 Å². The molecule has 1 amide bonds. The number of nitrogens with one attached hydrogen (secondary N) is 1. The highest BCUT2D eigenvalue weighted by molar-refractivity contribution is 14.1. The zero-order valence-corrected chi connectivity index (χ0v) is 16.0. The highest BCUT2D eigenvalue weighted by Gasteiger charge is 2.13. The van der Waals surface area contributed by atoms with Crippen LogP contribution in [0.2, 0.25) is 0 Å². The standard InChI is InChI=1S/C11H5Br3IN3O/c12-5-1-2-7(15)6(3-5)11(19)18-10-9(14)17-8(13)4-16-10/h1-4H,(H,16,18,19). The van der Waals surface area contributed by atoms with E-state index in [1.807, 2.05) is 12.1 Å². The average molecular weight is 562 g/mol. The van der Waals surface area contributed by atoms with E-state index >= 15 is 0 Å². The number of carbonyl (C=O) groups excluding carboxylic acids is 1. The molecule has 0 bridgehead atoms. The van der Waals surface area contributed by atoms with Crippen molar-refractivity contribution in [1.29, 1.82) is 0 Å². The number of aromatic nitrogens is 2. The van der Waals surface area contributed by atoms with E-state index in [1.54, 1.807) is 6.07 Å². The summed E-state index contributed by atoms with van der Waals surface area (Å²) >= 11 is 11.9. The summed E-state index contributed by atoms with van der Waals surface area (Å²) in [7, 11) is 0. The molecule has 0 saturated carbocycles. The van der Waals surface area contributed by atoms with Gasteiger partial charge in [-0.05, 0) is 72.6 Å². The van der Waals surface area contributed by atoms with E-state index in [1.165, 1.54) is 6.20 Å². The molecule has 8 heteroatoms. The summed E-state index contributed by atoms with van der Waals surface area (Å²) in [6.07, 6.45) is 1.52. The third-order valence-electron chi connectivity index (χ3n) is 2.11. The summed E-state index contributed by atoms with van der Waals surface area (Å²) in [4.78, 5) is 20.4. The highest BCUT2D eigenvalue weighted by atomic mass is 127. The molecule has 19 heavy (non-hydrogen) atoms. The summed E-state index contributed by atoms with van der Waals surface area (Å²) in [5.74, 6) is 0.145. The highest BCUT2D eigenvalue weighted by Crippen LogP contribution is 2.22. The third kappa shape index (κ3) is 3.96. The Hall–Kier alpha value is -0.0600. The van der Waals surface area contributed by atoms with Crippen molar-refractivity contribution in [3.63, 3.8) is 0 Å². The molecular weight excluding hydrogens is 557 g/mol. The Morgan fingerprint density at radius 3 is 2.68 bits per heavy atom. The zero-order valence-electron chi connectivity index (χ0n) is 9.12. The van der Waals surface area contributed by atoms with Crippen LogP contribution in [-0.4, -0.2) is 15.9 Å². The van der Waals surface area contributed by atoms with Gasteiger partial charge in [-0.2, -0.15) is 0 Å². The second-order valence-electron chi connectivity index (χ2n) is 3.41. The summed E-state index contributed by atoms with van der Waals surface area (Å²) in [6, 6.07) is 5.51. The van der Waals surface area contributed by atoms with Crippen molar-refractivity contribution in [2.24, 2.45) is 0 Å². The Labute approximate surface area is 148 Å². The molecule has 0 fully saturated rings. The van der Waals surface area contributed by atoms with Crippen LogP contribution in [0.3, 0.4) is 0 Å². The van der Waals surface area contributed by atoms with Crippen molar-refractivity contribution in [2.75, 3.05) is 5.32 Å². The quantitative estimate of drug-likeness (QED) is 0.545. The number of benzene rings is 1. The minimum atomic E-state index is -0.233. The molecule has 1 heterocycles. The molecular formula is C11H5Br3IN3O. The lowest BCUT2D eigenvalue weighted by atomic mass is 10.2. The zero-order chi connectivity index (χ0) is 14.0. The van der Waals surface area contributed by atoms with Crippen LogP contribution in [0.5, 0.6) is 0 Å². The van der Waals surface area contributed by atoms with Gasteiger partial charge in [0.1, 0.15) is 9.21 Å². The summed E-state index contributed by atoms with van der Waals surface area (Å²) in [5.41, 5.74) is 0.576. The van der Waals surface area contributed by atoms with Crippen LogP contribution in [-0.2, 0) is 0 Å². The molecule has 2 aromatic rings. The lowest BCUT2D eigenvalue weighted by molar-refractivity contribution is 0.102. The smallest absolute Gasteiger partial charge is 0.258 e. The number of anilines is 1. The normalized spacial score (nSPS) is 10.3. The minimum Gasteiger partial charge on any atom is -0.304 e. The van der Waals surface area contributed by atoms with E-state index in [-0.39, 0.29) is 5.91 Å². The second-order valence-corrected chi connectivity index (χ2v) is 7.05. The van der Waals surface area contributed by atoms with E-state index in [2.05, 4.69) is 85.7 Å². The summed E-state index contributed by atoms with van der Waals surface area (Å²) < 4.78 is 2.77. The fourth-order valence-electron chi connectivity index (χ4n) is 1.28. The Kier molecular flexibility index (Phi) is 5.32. The SMILES string of the molecule is O=C(Nc1ncc(Br)nc1Br)c1cc(Br)ccc1I. The van der Waals surface area contributed by atoms with E-state index in [0.717, 1.165) is 8.04 Å². The van der Waals surface area contributed by atoms with E-state index in [0.29, 0.717) is 20.6 Å². The van der Waals surface area contributed by atoms with E-state index in [9.17, 15) is 4.79 Å². The number of rotatable bonds is 2. The van der Waals surface area contributed by atoms with Crippen molar-refractivity contribution >= 4 is 82.1 Å². The van der Waals surface area contributed by atoms with Gasteiger partial charge in [0, 0.05) is 8.04 Å². The van der Waals surface area contributed by atoms with Crippen molar-refractivity contribution in [3.05, 3.63) is 47.2 Å². The number of carbonyl (C=O) groups is 1. The number of halogens is 4. The van der Waals surface area contributed by atoms with Crippen LogP contribution in [0.15, 0.2) is 38.1 Å². The van der Waals surface area contributed by atoms with Crippen LogP contribution in [0.4, 0.5) is 5.82 Å². The lowest BCUT2D eigenvalue weighted by Gasteiger charge is -2.08. The second kappa shape index (κ2) is 6.59. The minimum absolute atomic E-state index is 0.233. The number of hydrogen-bond acceptors (Lipinski definition) is 3. The van der Waals surface area contributed by atoms with Gasteiger partial charge in [-0.3, -0.25) is 4.79 Å². The van der Waals surface area contributed by atoms with Gasteiger partial charge in [-0.15, -0.1) is 0 Å². The first-order chi connectivity index (χ1) is 8.97. The van der Waals surface area contributed by atoms with Gasteiger partial charge in [0.15, 0.2) is 5.82 Å². The fraction of sp³-hybridized carbons (Fsp3) is 0. The largest absolute Gasteiger partial charge is 0.304 e. The van der Waals surface area contributed by atoms with Gasteiger partial charge in [0.2, 0.25) is 0 Å². The van der Waals surface area contributed by atoms with Gasteiger partial charge in [-0.1, -0.05) is 15.9 Å². The third-order valence-corrected chi connectivity index (χ3v) is 4.47. The van der Waals surface area contributed by atoms with Crippen LogP contribution in [0.25, 0.3) is 0 Å². The molecule has 1 aromatic carbocycles. The topological polar surface area (TPSA) is 54.9 Å². The molecule has 0 spiro atoms. The molecule has 1 aromatic heterocycles. The molecule has 0 unspecified atom stereocenters. The lowest BCUT2D eigenvalue weighted by Crippen LogP contribution is -2.15. The number of nitrogens with zero attached hydrogens (tertiary/aromatic N) is 2. The van der Waals surface area contributed by atoms with Gasteiger partial charge in [0.25, 0.3) is 5.91 Å². The monoisotopic (exact) mass is 559 g/mol. The molecule has 0 saturated heterocycles. The molecule has 0 radical (unpaired) electrons. The van der Waals surface area contributed by atoms with Crippen molar-refractivity contribution in [2.45, 2.75) is 0 Å². The first-order valence-corrected chi connectivity index (χ1v) is 8.37. The maximum Gasteiger partial charge on any atom is 0.258 e. The Morgan fingerprint density at radius 1 is 1.26 bits per heavy atom. The van der Waals surface area contributed by atoms with E-state index < -0.39 is 0 Å². The average Bonchev–Trinajstić information content (AvgIpc) is 2.35. The van der Waals surface area contributed by atoms with Crippen molar-refractivity contribution in [3.8, 4) is 0 Å². The molecule has 0 aliphatic heterocycles. The molecule has 98 valence electrons. The molecule has 0 aliphatic rings. The molecule has 4 nitrogen and oxygen atoms in total. The summed E-state index contributed by atoms with van der Waals surface area (Å²) in [5, 5.41) is 2.72. The van der Waals surface area contributed by atoms with Crippen molar-refractivity contribution < 1.29 is 4.79 Å². The van der Waals surface area contributed by atoms with E-state index in [4.69, 9.17) is 0 Å². The maximum absolute atomic E-state index is 12.2. The first-order valence-electron chi connectivity index (χ1n) is 4.92. The van der Waals surface area contributed by atoms with Crippen LogP contribution in [0.1, 0.15) is 10.4 Å².